The Morgan fingerprint density at radius 1 is 1.60 bits per heavy atom. The van der Waals surface area contributed by atoms with Gasteiger partial charge in [-0.3, -0.25) is 0 Å². The van der Waals surface area contributed by atoms with Crippen LogP contribution in [0.2, 0.25) is 0 Å². The summed E-state index contributed by atoms with van der Waals surface area (Å²) in [6.07, 6.45) is 3.07. The lowest BCUT2D eigenvalue weighted by Crippen LogP contribution is -1.87. The van der Waals surface area contributed by atoms with E-state index in [1.165, 1.54) is 11.5 Å². The summed E-state index contributed by atoms with van der Waals surface area (Å²) in [5.41, 5.74) is 0. The van der Waals surface area contributed by atoms with Crippen LogP contribution >= 0.6 is 10.8 Å². The average molecular weight is 178 g/mol. The van der Waals surface area contributed by atoms with E-state index in [1.807, 2.05) is 0 Å². The predicted octanol–water partition coefficient (Wildman–Crippen LogP) is 1.77. The highest BCUT2D eigenvalue weighted by Gasteiger charge is 2.02. The van der Waals surface area contributed by atoms with Crippen molar-refractivity contribution >= 4 is 19.7 Å². The quantitative estimate of drug-likeness (QED) is 0.486. The molecule has 0 saturated carbocycles. The Balaban J connectivity index is 4.01. The molecule has 0 aliphatic rings. The molecule has 0 radical (unpaired) electrons. The van der Waals surface area contributed by atoms with Crippen LogP contribution in [0.25, 0.3) is 0 Å². The monoisotopic (exact) mass is 178 g/mol. The van der Waals surface area contributed by atoms with Crippen molar-refractivity contribution in [1.29, 1.82) is 0 Å². The molecule has 2 nitrogen and oxygen atoms in total. The number of rotatable bonds is 4. The topological polar surface area (TPSA) is 34.1 Å². The molecule has 0 bridgehead atoms. The molecule has 0 aliphatic heterocycles. The fourth-order valence-electron chi connectivity index (χ4n) is 0.349. The highest BCUT2D eigenvalue weighted by Crippen LogP contribution is 2.13. The summed E-state index contributed by atoms with van der Waals surface area (Å²) < 4.78 is 21.6. The predicted molar refractivity (Wildman–Crippen MR) is 46.4 cm³/mol. The van der Waals surface area contributed by atoms with Gasteiger partial charge in [-0.1, -0.05) is 12.2 Å². The van der Waals surface area contributed by atoms with Crippen LogP contribution in [0.15, 0.2) is 24.1 Å². The van der Waals surface area contributed by atoms with Gasteiger partial charge < -0.3 is 0 Å². The van der Waals surface area contributed by atoms with Crippen LogP contribution in [0.5, 0.6) is 0 Å². The van der Waals surface area contributed by atoms with Gasteiger partial charge >= 0.3 is 0 Å². The maximum absolute atomic E-state index is 10.8. The summed E-state index contributed by atoms with van der Waals surface area (Å²) in [5.74, 6) is 0.437. The number of hydrogen-bond acceptors (Lipinski definition) is 3. The number of hydrogen-bond donors (Lipinski definition) is 0. The van der Waals surface area contributed by atoms with Gasteiger partial charge in [0.15, 0.2) is 0 Å². The summed E-state index contributed by atoms with van der Waals surface area (Å²) in [6.45, 7) is 5.09. The Kier molecular flexibility index (Phi) is 4.47. The molecular weight excluding hydrogens is 168 g/mol. The van der Waals surface area contributed by atoms with Crippen LogP contribution in [0.1, 0.15) is 6.92 Å². The van der Waals surface area contributed by atoms with Gasteiger partial charge in [0.25, 0.3) is 0 Å². The second kappa shape index (κ2) is 4.57. The third kappa shape index (κ3) is 4.64. The van der Waals surface area contributed by atoms with Crippen LogP contribution in [0.4, 0.5) is 0 Å². The number of allylic oxidation sites excluding steroid dienone is 1. The minimum atomic E-state index is -3.03. The molecule has 0 saturated heterocycles. The van der Waals surface area contributed by atoms with E-state index in [0.29, 0.717) is 5.75 Å². The molecule has 0 amide bonds. The molecular formula is C6H10O2S2. The lowest BCUT2D eigenvalue weighted by molar-refractivity contribution is 0.618. The van der Waals surface area contributed by atoms with E-state index in [-0.39, 0.29) is 0 Å². The molecule has 0 rings (SSSR count). The molecule has 0 aromatic rings. The molecule has 0 heterocycles. The zero-order valence-corrected chi connectivity index (χ0v) is 7.41. The first-order valence-electron chi connectivity index (χ1n) is 2.75. The van der Waals surface area contributed by atoms with Crippen molar-refractivity contribution < 1.29 is 8.42 Å². The van der Waals surface area contributed by atoms with Gasteiger partial charge in [-0.2, -0.15) is 0 Å². The molecule has 4 heteroatoms. The Morgan fingerprint density at radius 3 is 2.60 bits per heavy atom. The fraction of sp³-hybridized carbons (Fsp3) is 0.333. The lowest BCUT2D eigenvalue weighted by atomic mass is 10.8. The van der Waals surface area contributed by atoms with Crippen molar-refractivity contribution in [1.82, 2.24) is 0 Å². The maximum atomic E-state index is 10.8. The van der Waals surface area contributed by atoms with Gasteiger partial charge in [0, 0.05) is 11.2 Å². The molecule has 0 aliphatic carbocycles. The van der Waals surface area contributed by atoms with Gasteiger partial charge in [0.1, 0.15) is 0 Å². The van der Waals surface area contributed by atoms with Gasteiger partial charge in [0.2, 0.25) is 8.87 Å². The van der Waals surface area contributed by atoms with Crippen LogP contribution < -0.4 is 0 Å². The Labute approximate surface area is 65.3 Å². The maximum Gasteiger partial charge on any atom is 0.223 e. The van der Waals surface area contributed by atoms with Crippen molar-refractivity contribution in [2.75, 3.05) is 5.75 Å². The summed E-state index contributed by atoms with van der Waals surface area (Å²) in [7, 11) is -2.16. The molecule has 10 heavy (non-hydrogen) atoms. The van der Waals surface area contributed by atoms with E-state index in [2.05, 4.69) is 6.58 Å². The zero-order valence-electron chi connectivity index (χ0n) is 5.78. The van der Waals surface area contributed by atoms with Crippen molar-refractivity contribution in [3.63, 3.8) is 0 Å². The van der Waals surface area contributed by atoms with E-state index in [4.69, 9.17) is 0 Å². The first-order valence-corrected chi connectivity index (χ1v) is 5.80. The van der Waals surface area contributed by atoms with E-state index < -0.39 is 8.87 Å². The van der Waals surface area contributed by atoms with Crippen molar-refractivity contribution in [2.24, 2.45) is 0 Å². The highest BCUT2D eigenvalue weighted by atomic mass is 33.1. The summed E-state index contributed by atoms with van der Waals surface area (Å²) in [4.78, 5) is 0. The van der Waals surface area contributed by atoms with Crippen LogP contribution in [0, 0.1) is 0 Å². The summed E-state index contributed by atoms with van der Waals surface area (Å²) in [5, 5.41) is 1.18. The standard InChI is InChI=1S/C6H10O2S2/c1-3-5-9-10(7,8)6-4-2/h3-4,6H,1,5H2,2H3/b6-4+. The SMILES string of the molecule is C=CCSS(=O)(=O)/C=C/C. The highest BCUT2D eigenvalue weighted by molar-refractivity contribution is 8.73. The van der Waals surface area contributed by atoms with Gasteiger partial charge in [-0.15, -0.1) is 6.58 Å². The minimum absolute atomic E-state index is 0.437. The Hall–Kier alpha value is -0.220. The van der Waals surface area contributed by atoms with Gasteiger partial charge in [0.05, 0.1) is 0 Å². The first kappa shape index (κ1) is 9.78. The summed E-state index contributed by atoms with van der Waals surface area (Å²) in [6, 6.07) is 0. The molecule has 0 fully saturated rings. The molecule has 0 aromatic carbocycles. The Bertz CT molecular complexity index is 214. The Morgan fingerprint density at radius 2 is 2.20 bits per heavy atom. The van der Waals surface area contributed by atoms with Crippen LogP contribution in [-0.2, 0) is 8.87 Å². The molecule has 0 N–H and O–H groups in total. The van der Waals surface area contributed by atoms with E-state index in [9.17, 15) is 8.42 Å². The minimum Gasteiger partial charge on any atom is -0.213 e. The lowest BCUT2D eigenvalue weighted by Gasteiger charge is -1.91. The van der Waals surface area contributed by atoms with Crippen molar-refractivity contribution in [3.8, 4) is 0 Å². The average Bonchev–Trinajstić information content (AvgIpc) is 1.84. The third-order valence-corrected chi connectivity index (χ3v) is 3.69. The molecule has 0 spiro atoms. The van der Waals surface area contributed by atoms with Crippen LogP contribution in [-0.4, -0.2) is 14.2 Å². The van der Waals surface area contributed by atoms with Crippen molar-refractivity contribution in [2.45, 2.75) is 6.92 Å². The summed E-state index contributed by atoms with van der Waals surface area (Å²) >= 11 is 0. The molecule has 58 valence electrons. The molecule has 0 atom stereocenters. The zero-order chi connectivity index (χ0) is 8.04. The van der Waals surface area contributed by atoms with Crippen molar-refractivity contribution in [3.05, 3.63) is 24.1 Å². The van der Waals surface area contributed by atoms with E-state index >= 15 is 0 Å². The van der Waals surface area contributed by atoms with Gasteiger partial charge in [-0.05, 0) is 17.7 Å². The normalized spacial score (nSPS) is 12.1. The molecule has 0 unspecified atom stereocenters. The second-order valence-corrected chi connectivity index (χ2v) is 5.46. The van der Waals surface area contributed by atoms with E-state index in [1.54, 1.807) is 13.0 Å². The molecule has 0 aromatic heterocycles. The third-order valence-electron chi connectivity index (χ3n) is 0.653. The van der Waals surface area contributed by atoms with Gasteiger partial charge in [-0.25, -0.2) is 8.42 Å². The largest absolute Gasteiger partial charge is 0.223 e. The first-order chi connectivity index (χ1) is 4.62. The van der Waals surface area contributed by atoms with E-state index in [0.717, 1.165) is 10.8 Å². The smallest absolute Gasteiger partial charge is 0.213 e. The fourth-order valence-corrected chi connectivity index (χ4v) is 2.47. The second-order valence-electron chi connectivity index (χ2n) is 1.54. The van der Waals surface area contributed by atoms with Crippen LogP contribution in [0.3, 0.4) is 0 Å².